The summed E-state index contributed by atoms with van der Waals surface area (Å²) >= 11 is 0. The molecule has 0 spiro atoms. The Morgan fingerprint density at radius 2 is 1.61 bits per heavy atom. The van der Waals surface area contributed by atoms with E-state index in [0.29, 0.717) is 0 Å². The van der Waals surface area contributed by atoms with Crippen LogP contribution in [0.3, 0.4) is 0 Å². The van der Waals surface area contributed by atoms with Crippen molar-refractivity contribution in [3.05, 3.63) is 29.8 Å². The lowest BCUT2D eigenvalue weighted by Crippen LogP contribution is -2.57. The fourth-order valence-electron chi connectivity index (χ4n) is 1.42. The van der Waals surface area contributed by atoms with Crippen molar-refractivity contribution in [1.29, 1.82) is 0 Å². The molecule has 1 amide bonds. The lowest BCUT2D eigenvalue weighted by atomic mass is 10.1. The smallest absolute Gasteiger partial charge is 0.324 e. The zero-order valence-corrected chi connectivity index (χ0v) is 11.1. The number of carbonyl (C=O) groups is 2. The molecule has 0 aliphatic carbocycles. The SMILES string of the molecule is NCC(=O)c1cccc(NC(=O)C(F)(F)C(F)(F)C(F)(F)F)c1. The Morgan fingerprint density at radius 1 is 1.04 bits per heavy atom. The van der Waals surface area contributed by atoms with Gasteiger partial charge in [0.25, 0.3) is 0 Å². The number of Topliss-reactive ketones (excluding diaryl/α,β-unsaturated/α-hetero) is 1. The number of anilines is 1. The van der Waals surface area contributed by atoms with Crippen LogP contribution in [0.1, 0.15) is 10.4 Å². The minimum atomic E-state index is -6.62. The summed E-state index contributed by atoms with van der Waals surface area (Å²) in [7, 11) is 0. The van der Waals surface area contributed by atoms with Gasteiger partial charge in [0.2, 0.25) is 0 Å². The van der Waals surface area contributed by atoms with Crippen molar-refractivity contribution in [3.8, 4) is 0 Å². The zero-order valence-electron chi connectivity index (χ0n) is 11.1. The Morgan fingerprint density at radius 3 is 2.09 bits per heavy atom. The number of hydrogen-bond donors (Lipinski definition) is 2. The summed E-state index contributed by atoms with van der Waals surface area (Å²) in [5, 5.41) is 1.22. The maximum absolute atomic E-state index is 13.1. The molecule has 128 valence electrons. The molecule has 0 atom stereocenters. The van der Waals surface area contributed by atoms with Crippen molar-refractivity contribution in [2.75, 3.05) is 11.9 Å². The third-order valence-electron chi connectivity index (χ3n) is 2.66. The minimum Gasteiger partial charge on any atom is -0.324 e. The first-order valence-corrected chi connectivity index (χ1v) is 5.81. The number of nitrogens with two attached hydrogens (primary N) is 1. The molecule has 0 saturated carbocycles. The fourth-order valence-corrected chi connectivity index (χ4v) is 1.42. The highest BCUT2D eigenvalue weighted by Crippen LogP contribution is 2.46. The maximum atomic E-state index is 13.1. The second kappa shape index (κ2) is 6.14. The number of rotatable bonds is 5. The predicted octanol–water partition coefficient (Wildman–Crippen LogP) is 2.60. The van der Waals surface area contributed by atoms with E-state index in [4.69, 9.17) is 5.73 Å². The van der Waals surface area contributed by atoms with Crippen LogP contribution in [0.15, 0.2) is 24.3 Å². The van der Waals surface area contributed by atoms with Crippen molar-refractivity contribution in [2.24, 2.45) is 5.73 Å². The number of alkyl halides is 7. The number of halogens is 7. The van der Waals surface area contributed by atoms with E-state index in [-0.39, 0.29) is 5.56 Å². The minimum absolute atomic E-state index is 0.142. The summed E-state index contributed by atoms with van der Waals surface area (Å²) < 4.78 is 87.6. The highest BCUT2D eigenvalue weighted by molar-refractivity contribution is 6.01. The van der Waals surface area contributed by atoms with Gasteiger partial charge >= 0.3 is 23.9 Å². The average molecular weight is 346 g/mol. The normalized spacial score (nSPS) is 12.9. The van der Waals surface area contributed by atoms with Crippen LogP contribution < -0.4 is 11.1 Å². The van der Waals surface area contributed by atoms with E-state index in [1.165, 1.54) is 11.4 Å². The summed E-state index contributed by atoms with van der Waals surface area (Å²) in [4.78, 5) is 22.4. The lowest BCUT2D eigenvalue weighted by Gasteiger charge is -2.27. The van der Waals surface area contributed by atoms with Gasteiger partial charge in [-0.2, -0.15) is 30.7 Å². The van der Waals surface area contributed by atoms with Crippen LogP contribution in [0.4, 0.5) is 36.4 Å². The van der Waals surface area contributed by atoms with Crippen LogP contribution in [0.5, 0.6) is 0 Å². The van der Waals surface area contributed by atoms with Gasteiger partial charge in [0.05, 0.1) is 6.54 Å². The second-order valence-corrected chi connectivity index (χ2v) is 4.31. The van der Waals surface area contributed by atoms with Gasteiger partial charge in [-0.1, -0.05) is 12.1 Å². The second-order valence-electron chi connectivity index (χ2n) is 4.31. The molecule has 0 unspecified atom stereocenters. The molecular formula is C12H9F7N2O2. The van der Waals surface area contributed by atoms with Crippen LogP contribution in [0.2, 0.25) is 0 Å². The number of ketones is 1. The first kappa shape index (κ1) is 18.9. The third kappa shape index (κ3) is 3.60. The summed E-state index contributed by atoms with van der Waals surface area (Å²) in [6.45, 7) is -0.459. The quantitative estimate of drug-likeness (QED) is 0.636. The molecule has 0 heterocycles. The summed E-state index contributed by atoms with van der Waals surface area (Å²) in [6, 6.07) is 4.02. The van der Waals surface area contributed by atoms with Gasteiger partial charge in [0, 0.05) is 11.3 Å². The van der Waals surface area contributed by atoms with E-state index < -0.39 is 41.9 Å². The lowest BCUT2D eigenvalue weighted by molar-refractivity contribution is -0.343. The average Bonchev–Trinajstić information content (AvgIpc) is 2.45. The molecule has 0 bridgehead atoms. The molecule has 1 aromatic carbocycles. The Hall–Kier alpha value is -2.17. The molecular weight excluding hydrogens is 337 g/mol. The number of benzene rings is 1. The van der Waals surface area contributed by atoms with Gasteiger partial charge in [-0.15, -0.1) is 0 Å². The van der Waals surface area contributed by atoms with Crippen molar-refractivity contribution in [1.82, 2.24) is 0 Å². The van der Waals surface area contributed by atoms with Gasteiger partial charge in [0.15, 0.2) is 5.78 Å². The van der Waals surface area contributed by atoms with Crippen LogP contribution >= 0.6 is 0 Å². The van der Waals surface area contributed by atoms with Crippen LogP contribution in [0, 0.1) is 0 Å². The molecule has 0 radical (unpaired) electrons. The first-order chi connectivity index (χ1) is 10.3. The van der Waals surface area contributed by atoms with Gasteiger partial charge in [-0.3, -0.25) is 9.59 Å². The summed E-state index contributed by atoms with van der Waals surface area (Å²) in [6.07, 6.45) is -6.62. The van der Waals surface area contributed by atoms with E-state index in [1.807, 2.05) is 0 Å². The molecule has 23 heavy (non-hydrogen) atoms. The van der Waals surface area contributed by atoms with Gasteiger partial charge in [0.1, 0.15) is 0 Å². The molecule has 0 aliphatic rings. The van der Waals surface area contributed by atoms with E-state index in [9.17, 15) is 40.3 Å². The third-order valence-corrected chi connectivity index (χ3v) is 2.66. The van der Waals surface area contributed by atoms with Crippen LogP contribution in [-0.2, 0) is 4.79 Å². The topological polar surface area (TPSA) is 72.2 Å². The Kier molecular flexibility index (Phi) is 5.04. The Bertz CT molecular complexity index is 614. The highest BCUT2D eigenvalue weighted by atomic mass is 19.4. The molecule has 0 aliphatic heterocycles. The molecule has 1 rings (SSSR count). The van der Waals surface area contributed by atoms with E-state index in [1.54, 1.807) is 0 Å². The molecule has 0 saturated heterocycles. The number of amides is 1. The molecule has 0 fully saturated rings. The molecule has 4 nitrogen and oxygen atoms in total. The van der Waals surface area contributed by atoms with Crippen molar-refractivity contribution in [2.45, 2.75) is 18.0 Å². The van der Waals surface area contributed by atoms with E-state index in [0.717, 1.165) is 18.2 Å². The molecule has 3 N–H and O–H groups in total. The van der Waals surface area contributed by atoms with Crippen molar-refractivity contribution in [3.63, 3.8) is 0 Å². The number of carbonyl (C=O) groups excluding carboxylic acids is 2. The van der Waals surface area contributed by atoms with Gasteiger partial charge in [-0.25, -0.2) is 0 Å². The van der Waals surface area contributed by atoms with Gasteiger partial charge in [-0.05, 0) is 12.1 Å². The zero-order chi connectivity index (χ0) is 18.1. The fraction of sp³-hybridized carbons (Fsp3) is 0.333. The van der Waals surface area contributed by atoms with Gasteiger partial charge < -0.3 is 11.1 Å². The molecule has 1 aromatic rings. The largest absolute Gasteiger partial charge is 0.460 e. The standard InChI is InChI=1S/C12H9F7N2O2/c13-10(14,11(15,16)12(17,18)19)9(23)21-7-3-1-2-6(4-7)8(22)5-20/h1-4H,5,20H2,(H,21,23). The van der Waals surface area contributed by atoms with E-state index >= 15 is 0 Å². The Balaban J connectivity index is 3.06. The number of nitrogens with one attached hydrogen (secondary N) is 1. The van der Waals surface area contributed by atoms with Crippen molar-refractivity contribution >= 4 is 17.4 Å². The van der Waals surface area contributed by atoms with Crippen molar-refractivity contribution < 1.29 is 40.3 Å². The Labute approximate surface area is 124 Å². The summed E-state index contributed by atoms with van der Waals surface area (Å²) in [5.41, 5.74) is 4.34. The summed E-state index contributed by atoms with van der Waals surface area (Å²) in [5.74, 6) is -16.1. The maximum Gasteiger partial charge on any atom is 0.460 e. The van der Waals surface area contributed by atoms with Crippen LogP contribution in [-0.4, -0.2) is 36.3 Å². The molecule has 11 heteroatoms. The predicted molar refractivity (Wildman–Crippen MR) is 64.4 cm³/mol. The van der Waals surface area contributed by atoms with E-state index in [2.05, 4.69) is 0 Å². The first-order valence-electron chi connectivity index (χ1n) is 5.81. The van der Waals surface area contributed by atoms with Crippen LogP contribution in [0.25, 0.3) is 0 Å². The highest BCUT2D eigenvalue weighted by Gasteiger charge is 2.76. The molecule has 0 aromatic heterocycles. The number of hydrogen-bond acceptors (Lipinski definition) is 3. The monoisotopic (exact) mass is 346 g/mol.